The van der Waals surface area contributed by atoms with Crippen molar-refractivity contribution in [2.75, 3.05) is 11.9 Å². The molecular weight excluding hydrogens is 188 g/mol. The minimum atomic E-state index is 0.520. The summed E-state index contributed by atoms with van der Waals surface area (Å²) in [6.45, 7) is 2.76. The molecule has 1 saturated carbocycles. The SMILES string of the molecule is CC(C1CC1)N(C)c1nnccc1CN. The van der Waals surface area contributed by atoms with Gasteiger partial charge in [-0.3, -0.25) is 0 Å². The highest BCUT2D eigenvalue weighted by Crippen LogP contribution is 2.36. The predicted molar refractivity (Wildman–Crippen MR) is 60.5 cm³/mol. The van der Waals surface area contributed by atoms with E-state index in [-0.39, 0.29) is 0 Å². The minimum absolute atomic E-state index is 0.520. The summed E-state index contributed by atoms with van der Waals surface area (Å²) in [7, 11) is 2.08. The van der Waals surface area contributed by atoms with Gasteiger partial charge < -0.3 is 10.6 Å². The van der Waals surface area contributed by atoms with Gasteiger partial charge in [0.15, 0.2) is 5.82 Å². The topological polar surface area (TPSA) is 55.0 Å². The van der Waals surface area contributed by atoms with Crippen molar-refractivity contribution in [3.63, 3.8) is 0 Å². The molecule has 1 aromatic heterocycles. The molecule has 1 heterocycles. The van der Waals surface area contributed by atoms with Gasteiger partial charge in [-0.25, -0.2) is 0 Å². The molecule has 4 heteroatoms. The number of anilines is 1. The molecule has 0 bridgehead atoms. The molecular formula is C11H18N4. The zero-order chi connectivity index (χ0) is 10.8. The number of rotatable bonds is 4. The summed E-state index contributed by atoms with van der Waals surface area (Å²) in [5, 5.41) is 8.11. The van der Waals surface area contributed by atoms with Crippen LogP contribution in [0.15, 0.2) is 12.3 Å². The van der Waals surface area contributed by atoms with Gasteiger partial charge in [-0.15, -0.1) is 5.10 Å². The number of nitrogens with two attached hydrogens (primary N) is 1. The van der Waals surface area contributed by atoms with Crippen LogP contribution in [0.3, 0.4) is 0 Å². The smallest absolute Gasteiger partial charge is 0.155 e. The summed E-state index contributed by atoms with van der Waals surface area (Å²) in [5.41, 5.74) is 6.76. The number of aromatic nitrogens is 2. The molecule has 1 aliphatic rings. The Bertz CT molecular complexity index is 335. The van der Waals surface area contributed by atoms with Gasteiger partial charge in [-0.05, 0) is 31.7 Å². The van der Waals surface area contributed by atoms with E-state index in [0.717, 1.165) is 17.3 Å². The van der Waals surface area contributed by atoms with E-state index in [2.05, 4.69) is 29.1 Å². The van der Waals surface area contributed by atoms with Crippen LogP contribution in [0.1, 0.15) is 25.3 Å². The van der Waals surface area contributed by atoms with Crippen molar-refractivity contribution in [1.29, 1.82) is 0 Å². The molecule has 0 spiro atoms. The quantitative estimate of drug-likeness (QED) is 0.803. The predicted octanol–water partition coefficient (Wildman–Crippen LogP) is 1.17. The van der Waals surface area contributed by atoms with Crippen LogP contribution in [0.5, 0.6) is 0 Å². The van der Waals surface area contributed by atoms with E-state index in [4.69, 9.17) is 5.73 Å². The Balaban J connectivity index is 2.19. The maximum absolute atomic E-state index is 5.69. The molecule has 0 saturated heterocycles. The number of hydrogen-bond acceptors (Lipinski definition) is 4. The summed E-state index contributed by atoms with van der Waals surface area (Å²) in [6, 6.07) is 2.48. The Morgan fingerprint density at radius 2 is 2.33 bits per heavy atom. The Morgan fingerprint density at radius 3 is 2.93 bits per heavy atom. The second kappa shape index (κ2) is 4.14. The highest BCUT2D eigenvalue weighted by atomic mass is 15.3. The summed E-state index contributed by atoms with van der Waals surface area (Å²) in [6.07, 6.45) is 4.37. The molecule has 0 radical (unpaired) electrons. The van der Waals surface area contributed by atoms with Gasteiger partial charge in [0.05, 0.1) is 6.20 Å². The van der Waals surface area contributed by atoms with Crippen molar-refractivity contribution in [3.8, 4) is 0 Å². The first-order valence-corrected chi connectivity index (χ1v) is 5.47. The molecule has 1 atom stereocenters. The lowest BCUT2D eigenvalue weighted by Gasteiger charge is -2.26. The molecule has 0 aliphatic heterocycles. The molecule has 1 aliphatic carbocycles. The third-order valence-electron chi connectivity index (χ3n) is 3.25. The van der Waals surface area contributed by atoms with Crippen LogP contribution in [-0.2, 0) is 6.54 Å². The highest BCUT2D eigenvalue weighted by Gasteiger charge is 2.31. The van der Waals surface area contributed by atoms with Crippen LogP contribution >= 0.6 is 0 Å². The summed E-state index contributed by atoms with van der Waals surface area (Å²) in [4.78, 5) is 2.20. The normalized spacial score (nSPS) is 17.5. The summed E-state index contributed by atoms with van der Waals surface area (Å²) >= 11 is 0. The molecule has 1 unspecified atom stereocenters. The summed E-state index contributed by atoms with van der Waals surface area (Å²) in [5.74, 6) is 1.75. The fourth-order valence-corrected chi connectivity index (χ4v) is 1.89. The molecule has 0 aromatic carbocycles. The Labute approximate surface area is 90.5 Å². The van der Waals surface area contributed by atoms with E-state index in [0.29, 0.717) is 12.6 Å². The average molecular weight is 206 g/mol. The Kier molecular flexibility index (Phi) is 2.86. The second-order valence-corrected chi connectivity index (χ2v) is 4.27. The van der Waals surface area contributed by atoms with Gasteiger partial charge in [-0.2, -0.15) is 5.10 Å². The molecule has 2 rings (SSSR count). The van der Waals surface area contributed by atoms with Crippen LogP contribution in [-0.4, -0.2) is 23.3 Å². The maximum atomic E-state index is 5.69. The van der Waals surface area contributed by atoms with Gasteiger partial charge >= 0.3 is 0 Å². The standard InChI is InChI=1S/C11H18N4/c1-8(9-3-4-9)15(2)11-10(7-12)5-6-13-14-11/h5-6,8-9H,3-4,7,12H2,1-2H3. The van der Waals surface area contributed by atoms with Crippen molar-refractivity contribution < 1.29 is 0 Å². The molecule has 15 heavy (non-hydrogen) atoms. The van der Waals surface area contributed by atoms with E-state index in [9.17, 15) is 0 Å². The van der Waals surface area contributed by atoms with E-state index in [1.165, 1.54) is 12.8 Å². The van der Waals surface area contributed by atoms with E-state index in [1.54, 1.807) is 6.20 Å². The molecule has 2 N–H and O–H groups in total. The van der Waals surface area contributed by atoms with Crippen molar-refractivity contribution in [2.45, 2.75) is 32.4 Å². The molecule has 0 amide bonds. The first-order valence-electron chi connectivity index (χ1n) is 5.47. The van der Waals surface area contributed by atoms with Crippen molar-refractivity contribution in [3.05, 3.63) is 17.8 Å². The van der Waals surface area contributed by atoms with Gasteiger partial charge in [0.2, 0.25) is 0 Å². The van der Waals surface area contributed by atoms with Gasteiger partial charge in [0, 0.05) is 25.2 Å². The monoisotopic (exact) mass is 206 g/mol. The van der Waals surface area contributed by atoms with Crippen LogP contribution < -0.4 is 10.6 Å². The molecule has 1 aromatic rings. The fraction of sp³-hybridized carbons (Fsp3) is 0.636. The highest BCUT2D eigenvalue weighted by molar-refractivity contribution is 5.45. The zero-order valence-corrected chi connectivity index (χ0v) is 9.35. The van der Waals surface area contributed by atoms with Gasteiger partial charge in [-0.1, -0.05) is 0 Å². The van der Waals surface area contributed by atoms with Crippen molar-refractivity contribution in [2.24, 2.45) is 11.7 Å². The summed E-state index contributed by atoms with van der Waals surface area (Å²) < 4.78 is 0. The average Bonchev–Trinajstić information content (AvgIpc) is 3.11. The Morgan fingerprint density at radius 1 is 1.60 bits per heavy atom. The number of nitrogens with zero attached hydrogens (tertiary/aromatic N) is 3. The largest absolute Gasteiger partial charge is 0.355 e. The van der Waals surface area contributed by atoms with Crippen LogP contribution in [0.2, 0.25) is 0 Å². The molecule has 4 nitrogen and oxygen atoms in total. The van der Waals surface area contributed by atoms with Gasteiger partial charge in [0.25, 0.3) is 0 Å². The zero-order valence-electron chi connectivity index (χ0n) is 9.35. The van der Waals surface area contributed by atoms with Crippen LogP contribution in [0.25, 0.3) is 0 Å². The third-order valence-corrected chi connectivity index (χ3v) is 3.25. The third kappa shape index (κ3) is 2.09. The Hall–Kier alpha value is -1.16. The first kappa shape index (κ1) is 10.4. The first-order chi connectivity index (χ1) is 7.24. The van der Waals surface area contributed by atoms with E-state index in [1.807, 2.05) is 6.07 Å². The van der Waals surface area contributed by atoms with Gasteiger partial charge in [0.1, 0.15) is 0 Å². The lowest BCUT2D eigenvalue weighted by molar-refractivity contribution is 0.598. The van der Waals surface area contributed by atoms with Crippen molar-refractivity contribution in [1.82, 2.24) is 10.2 Å². The maximum Gasteiger partial charge on any atom is 0.155 e. The second-order valence-electron chi connectivity index (χ2n) is 4.27. The van der Waals surface area contributed by atoms with E-state index < -0.39 is 0 Å². The molecule has 1 fully saturated rings. The molecule has 82 valence electrons. The lowest BCUT2D eigenvalue weighted by Crippen LogP contribution is -2.32. The van der Waals surface area contributed by atoms with Crippen LogP contribution in [0.4, 0.5) is 5.82 Å². The van der Waals surface area contributed by atoms with Crippen LogP contribution in [0, 0.1) is 5.92 Å². The van der Waals surface area contributed by atoms with E-state index >= 15 is 0 Å². The lowest BCUT2D eigenvalue weighted by atomic mass is 10.1. The van der Waals surface area contributed by atoms with Crippen molar-refractivity contribution >= 4 is 5.82 Å². The minimum Gasteiger partial charge on any atom is -0.355 e. The fourth-order valence-electron chi connectivity index (χ4n) is 1.89. The number of hydrogen-bond donors (Lipinski definition) is 1.